The van der Waals surface area contributed by atoms with E-state index in [1.54, 1.807) is 29.6 Å². The maximum absolute atomic E-state index is 12.6. The van der Waals surface area contributed by atoms with Crippen molar-refractivity contribution < 1.29 is 22.8 Å². The van der Waals surface area contributed by atoms with Gasteiger partial charge in [-0.2, -0.15) is 0 Å². The Morgan fingerprint density at radius 2 is 1.70 bits per heavy atom. The molecule has 0 radical (unpaired) electrons. The molecule has 0 atom stereocenters. The van der Waals surface area contributed by atoms with Crippen molar-refractivity contribution in [3.05, 3.63) is 81.7 Å². The number of nitrogens with one attached hydrogen (secondary N) is 1. The summed E-state index contributed by atoms with van der Waals surface area (Å²) in [5, 5.41) is 1.96. The van der Waals surface area contributed by atoms with E-state index in [-0.39, 0.29) is 21.8 Å². The van der Waals surface area contributed by atoms with Crippen LogP contribution in [0.5, 0.6) is 0 Å². The standard InChI is InChI=1S/C20H13ClN2O5S2/c21-13-5-8-15-16(11-13)20(26)23(19(15)25)14-6-3-12(4-7-14)10-17(24)22-30(27,28)18-2-1-9-29-18/h1-9,11H,10H2,(H,22,24). The molecule has 2 heterocycles. The molecule has 4 rings (SSSR count). The van der Waals surface area contributed by atoms with Gasteiger partial charge in [0.05, 0.1) is 23.2 Å². The van der Waals surface area contributed by atoms with E-state index in [2.05, 4.69) is 0 Å². The Bertz CT molecular complexity index is 1270. The normalized spacial score (nSPS) is 13.4. The summed E-state index contributed by atoms with van der Waals surface area (Å²) < 4.78 is 26.3. The number of nitrogens with zero attached hydrogens (tertiary/aromatic N) is 1. The van der Waals surface area contributed by atoms with Crippen molar-refractivity contribution in [3.63, 3.8) is 0 Å². The van der Waals surface area contributed by atoms with Crippen LogP contribution in [0.1, 0.15) is 26.3 Å². The highest BCUT2D eigenvalue weighted by molar-refractivity contribution is 7.92. The molecule has 0 saturated carbocycles. The maximum atomic E-state index is 12.6. The number of hydrogen-bond acceptors (Lipinski definition) is 6. The first-order valence-electron chi connectivity index (χ1n) is 8.63. The number of imide groups is 1. The van der Waals surface area contributed by atoms with Crippen LogP contribution < -0.4 is 9.62 Å². The number of rotatable bonds is 5. The van der Waals surface area contributed by atoms with Crippen LogP contribution in [0.25, 0.3) is 0 Å². The van der Waals surface area contributed by atoms with Crippen molar-refractivity contribution >= 4 is 56.4 Å². The number of carbonyl (C=O) groups excluding carboxylic acids is 3. The van der Waals surface area contributed by atoms with Gasteiger partial charge in [-0.15, -0.1) is 11.3 Å². The Morgan fingerprint density at radius 1 is 1.00 bits per heavy atom. The highest BCUT2D eigenvalue weighted by Gasteiger charge is 2.36. The number of amides is 3. The van der Waals surface area contributed by atoms with Crippen LogP contribution >= 0.6 is 22.9 Å². The van der Waals surface area contributed by atoms with Crippen LogP contribution in [0.3, 0.4) is 0 Å². The number of hydrogen-bond donors (Lipinski definition) is 1. The molecule has 0 fully saturated rings. The number of benzene rings is 2. The lowest BCUT2D eigenvalue weighted by Gasteiger charge is -2.14. The molecule has 0 unspecified atom stereocenters. The molecule has 30 heavy (non-hydrogen) atoms. The van der Waals surface area contributed by atoms with Gasteiger partial charge in [0.25, 0.3) is 21.8 Å². The van der Waals surface area contributed by atoms with Gasteiger partial charge >= 0.3 is 0 Å². The van der Waals surface area contributed by atoms with Crippen molar-refractivity contribution in [1.82, 2.24) is 4.72 Å². The summed E-state index contributed by atoms with van der Waals surface area (Å²) in [7, 11) is -3.90. The number of halogens is 1. The van der Waals surface area contributed by atoms with E-state index in [0.29, 0.717) is 16.3 Å². The quantitative estimate of drug-likeness (QED) is 0.589. The monoisotopic (exact) mass is 460 g/mol. The molecule has 0 saturated heterocycles. The fourth-order valence-corrected chi connectivity index (χ4v) is 5.20. The Morgan fingerprint density at radius 3 is 2.37 bits per heavy atom. The van der Waals surface area contributed by atoms with Crippen LogP contribution in [0.4, 0.5) is 5.69 Å². The summed E-state index contributed by atoms with van der Waals surface area (Å²) in [6, 6.07) is 13.7. The van der Waals surface area contributed by atoms with Crippen LogP contribution in [0, 0.1) is 0 Å². The lowest BCUT2D eigenvalue weighted by molar-refractivity contribution is -0.118. The summed E-state index contributed by atoms with van der Waals surface area (Å²) in [5.41, 5.74) is 1.37. The SMILES string of the molecule is O=C(Cc1ccc(N2C(=O)c3ccc(Cl)cc3C2=O)cc1)NS(=O)(=O)c1cccs1. The smallest absolute Gasteiger partial charge is 0.273 e. The minimum absolute atomic E-state index is 0.0527. The van der Waals surface area contributed by atoms with Crippen LogP contribution in [0.2, 0.25) is 5.02 Å². The van der Waals surface area contributed by atoms with E-state index in [1.807, 2.05) is 4.72 Å². The zero-order valence-electron chi connectivity index (χ0n) is 15.2. The summed E-state index contributed by atoms with van der Waals surface area (Å²) in [6.45, 7) is 0. The number of fused-ring (bicyclic) bond motifs is 1. The molecular weight excluding hydrogens is 448 g/mol. The second-order valence-corrected chi connectivity index (χ2v) is 9.73. The summed E-state index contributed by atoms with van der Waals surface area (Å²) in [6.07, 6.45) is -0.178. The van der Waals surface area contributed by atoms with Gasteiger partial charge in [0, 0.05) is 5.02 Å². The van der Waals surface area contributed by atoms with Crippen molar-refractivity contribution in [2.24, 2.45) is 0 Å². The van der Waals surface area contributed by atoms with Crippen molar-refractivity contribution in [2.45, 2.75) is 10.6 Å². The Kier molecular flexibility index (Phi) is 5.19. The molecule has 7 nitrogen and oxygen atoms in total. The fourth-order valence-electron chi connectivity index (χ4n) is 3.05. The summed E-state index contributed by atoms with van der Waals surface area (Å²) >= 11 is 6.93. The Labute approximate surface area is 180 Å². The van der Waals surface area contributed by atoms with E-state index >= 15 is 0 Å². The fraction of sp³-hybridized carbons (Fsp3) is 0.0500. The number of carbonyl (C=O) groups is 3. The van der Waals surface area contributed by atoms with Gasteiger partial charge in [-0.05, 0) is 47.3 Å². The largest absolute Gasteiger partial charge is 0.274 e. The number of thiophene rings is 1. The zero-order chi connectivity index (χ0) is 21.5. The van der Waals surface area contributed by atoms with Gasteiger partial charge in [0.1, 0.15) is 4.21 Å². The lowest BCUT2D eigenvalue weighted by atomic mass is 10.1. The highest BCUT2D eigenvalue weighted by atomic mass is 35.5. The molecule has 0 bridgehead atoms. The Balaban J connectivity index is 1.48. The first-order valence-corrected chi connectivity index (χ1v) is 11.4. The first-order chi connectivity index (χ1) is 14.3. The molecule has 1 aromatic heterocycles. The molecule has 0 aliphatic carbocycles. The molecule has 152 valence electrons. The molecule has 2 aromatic carbocycles. The molecule has 1 aliphatic heterocycles. The third kappa shape index (κ3) is 3.74. The summed E-state index contributed by atoms with van der Waals surface area (Å²) in [5.74, 6) is -1.63. The molecule has 10 heteroatoms. The topological polar surface area (TPSA) is 101 Å². The van der Waals surface area contributed by atoms with Crippen LogP contribution in [-0.2, 0) is 21.2 Å². The second kappa shape index (κ2) is 7.67. The molecule has 0 spiro atoms. The van der Waals surface area contributed by atoms with Gasteiger partial charge in [0.2, 0.25) is 5.91 Å². The van der Waals surface area contributed by atoms with Gasteiger partial charge in [0.15, 0.2) is 0 Å². The van der Waals surface area contributed by atoms with Crippen LogP contribution in [-0.4, -0.2) is 26.1 Å². The Hall–Kier alpha value is -3.01. The summed E-state index contributed by atoms with van der Waals surface area (Å²) in [4.78, 5) is 38.4. The predicted molar refractivity (Wildman–Crippen MR) is 112 cm³/mol. The average Bonchev–Trinajstić information content (AvgIpc) is 3.31. The van der Waals surface area contributed by atoms with Gasteiger partial charge < -0.3 is 0 Å². The number of sulfonamides is 1. The minimum atomic E-state index is -3.90. The number of anilines is 1. The van der Waals surface area contributed by atoms with E-state index in [9.17, 15) is 22.8 Å². The minimum Gasteiger partial charge on any atom is -0.274 e. The zero-order valence-corrected chi connectivity index (χ0v) is 17.6. The van der Waals surface area contributed by atoms with Crippen molar-refractivity contribution in [2.75, 3.05) is 4.90 Å². The third-order valence-electron chi connectivity index (χ3n) is 4.42. The molecule has 3 amide bonds. The lowest BCUT2D eigenvalue weighted by Crippen LogP contribution is -2.31. The first kappa shape index (κ1) is 20.3. The molecule has 3 aromatic rings. The van der Waals surface area contributed by atoms with Gasteiger partial charge in [-0.3, -0.25) is 14.4 Å². The molecule has 1 aliphatic rings. The predicted octanol–water partition coefficient (Wildman–Crippen LogP) is 3.25. The van der Waals surface area contributed by atoms with E-state index in [0.717, 1.165) is 16.2 Å². The molecule has 1 N–H and O–H groups in total. The van der Waals surface area contributed by atoms with E-state index in [1.165, 1.54) is 30.3 Å². The van der Waals surface area contributed by atoms with Crippen LogP contribution in [0.15, 0.2) is 64.2 Å². The van der Waals surface area contributed by atoms with Crippen molar-refractivity contribution in [1.29, 1.82) is 0 Å². The van der Waals surface area contributed by atoms with Crippen molar-refractivity contribution in [3.8, 4) is 0 Å². The second-order valence-electron chi connectivity index (χ2n) is 6.44. The third-order valence-corrected chi connectivity index (χ3v) is 7.42. The van der Waals surface area contributed by atoms with Gasteiger partial charge in [-0.25, -0.2) is 18.0 Å². The van der Waals surface area contributed by atoms with E-state index < -0.39 is 27.7 Å². The highest BCUT2D eigenvalue weighted by Crippen LogP contribution is 2.30. The average molecular weight is 461 g/mol. The molecular formula is C20H13ClN2O5S2. The maximum Gasteiger partial charge on any atom is 0.273 e. The van der Waals surface area contributed by atoms with E-state index in [4.69, 9.17) is 11.6 Å². The van der Waals surface area contributed by atoms with Gasteiger partial charge in [-0.1, -0.05) is 29.8 Å².